The molecule has 0 saturated heterocycles. The summed E-state index contributed by atoms with van der Waals surface area (Å²) in [6.45, 7) is 18.1. The zero-order valence-corrected chi connectivity index (χ0v) is 35.6. The number of anilines is 2. The average Bonchev–Trinajstić information content (AvgIpc) is 3.20. The van der Waals surface area contributed by atoms with Gasteiger partial charge in [0.1, 0.15) is 24.7 Å². The number of rotatable bonds is 20. The van der Waals surface area contributed by atoms with Crippen LogP contribution in [0.2, 0.25) is 0 Å². The van der Waals surface area contributed by atoms with Crippen molar-refractivity contribution in [3.8, 4) is 17.2 Å². The lowest BCUT2D eigenvalue weighted by Gasteiger charge is -2.28. The summed E-state index contributed by atoms with van der Waals surface area (Å²) in [7, 11) is 0. The van der Waals surface area contributed by atoms with Gasteiger partial charge in [-0.25, -0.2) is 0 Å². The van der Waals surface area contributed by atoms with E-state index in [2.05, 4.69) is 22.5 Å². The van der Waals surface area contributed by atoms with E-state index in [1.54, 1.807) is 18.2 Å². The lowest BCUT2D eigenvalue weighted by Crippen LogP contribution is -2.39. The van der Waals surface area contributed by atoms with Crippen LogP contribution in [0.5, 0.6) is 17.2 Å². The Kier molecular flexibility index (Phi) is 17.0. The molecule has 1 aliphatic carbocycles. The van der Waals surface area contributed by atoms with Crippen LogP contribution in [0, 0.1) is 27.9 Å². The minimum atomic E-state index is -0.587. The fourth-order valence-corrected chi connectivity index (χ4v) is 6.10. The zero-order valence-electron chi connectivity index (χ0n) is 35.6. The monoisotopic (exact) mass is 830 g/mol. The van der Waals surface area contributed by atoms with Gasteiger partial charge in [-0.3, -0.25) is 29.3 Å². The second-order valence-electron chi connectivity index (χ2n) is 16.4. The van der Waals surface area contributed by atoms with E-state index >= 15 is 0 Å². The molecule has 3 aromatic rings. The summed E-state index contributed by atoms with van der Waals surface area (Å²) in [5, 5.41) is 20.5. The van der Waals surface area contributed by atoms with E-state index in [4.69, 9.17) is 23.7 Å². The Morgan fingerprint density at radius 1 is 0.750 bits per heavy atom. The molecule has 0 heterocycles. The lowest BCUT2D eigenvalue weighted by atomic mass is 9.86. The molecular weight excluding hydrogens is 773 g/mol. The Morgan fingerprint density at radius 2 is 1.25 bits per heavy atom. The summed E-state index contributed by atoms with van der Waals surface area (Å²) >= 11 is 0. The standard InChI is InChI=1S/C45H58N4O11/c1-9-20-57-44(53)30-10-15-34(16-11-30)46-41(50)31-12-17-35(38(23-31)58-26-28(2)3)47-42(51)32-13-18-36(39(24-32)59-27-29(4)5)48-43(52)33-14-19-37(49(54)55)40(25-33)56-21-22-60-45(6,7)8/h9,12-14,17-19,23-25,28-30,34H,1,10-11,15-16,20-22,26-27H2,2-8H3,(H,46,50)(H,47,51)(H,48,52). The van der Waals surface area contributed by atoms with Crippen LogP contribution in [0.4, 0.5) is 17.1 Å². The van der Waals surface area contributed by atoms with Crippen molar-refractivity contribution in [3.05, 3.63) is 94.1 Å². The lowest BCUT2D eigenvalue weighted by molar-refractivity contribution is -0.385. The molecule has 0 aromatic heterocycles. The van der Waals surface area contributed by atoms with Crippen LogP contribution < -0.4 is 30.2 Å². The van der Waals surface area contributed by atoms with E-state index < -0.39 is 22.3 Å². The Bertz CT molecular complexity index is 2000. The summed E-state index contributed by atoms with van der Waals surface area (Å²) in [6.07, 6.45) is 4.02. The third-order valence-corrected chi connectivity index (χ3v) is 9.16. The van der Waals surface area contributed by atoms with Crippen LogP contribution >= 0.6 is 0 Å². The molecular formula is C45H58N4O11. The summed E-state index contributed by atoms with van der Waals surface area (Å²) in [6, 6.07) is 13.1. The number of nitro benzene ring substituents is 1. The molecule has 4 rings (SSSR count). The highest BCUT2D eigenvalue weighted by Gasteiger charge is 2.29. The maximum Gasteiger partial charge on any atom is 0.310 e. The van der Waals surface area contributed by atoms with Crippen molar-refractivity contribution in [2.75, 3.05) is 43.7 Å². The van der Waals surface area contributed by atoms with Gasteiger partial charge < -0.3 is 39.6 Å². The number of nitrogens with one attached hydrogen (secondary N) is 3. The number of carbonyl (C=O) groups excluding carboxylic acids is 4. The van der Waals surface area contributed by atoms with Gasteiger partial charge in [-0.1, -0.05) is 40.3 Å². The summed E-state index contributed by atoms with van der Waals surface area (Å²) < 4.78 is 28.6. The average molecular weight is 831 g/mol. The molecule has 0 atom stereocenters. The first-order valence-electron chi connectivity index (χ1n) is 20.2. The molecule has 0 unspecified atom stereocenters. The van der Waals surface area contributed by atoms with Crippen LogP contribution in [-0.2, 0) is 14.3 Å². The van der Waals surface area contributed by atoms with Crippen LogP contribution in [0.15, 0.2) is 67.3 Å². The summed E-state index contributed by atoms with van der Waals surface area (Å²) in [5.41, 5.74) is 0.568. The minimum Gasteiger partial charge on any atom is -0.491 e. The SMILES string of the molecule is C=CCOC(=O)C1CCC(NC(=O)c2ccc(NC(=O)c3ccc(NC(=O)c4ccc([N+](=O)[O-])c(OCCOC(C)(C)C)c4)c(OCC(C)C)c3)c(OCC(C)C)c2)CC1. The number of nitrogens with zero attached hydrogens (tertiary/aromatic N) is 1. The fourth-order valence-electron chi connectivity index (χ4n) is 6.10. The number of hydrogen-bond acceptors (Lipinski definition) is 11. The van der Waals surface area contributed by atoms with Gasteiger partial charge in [-0.15, -0.1) is 0 Å². The molecule has 1 saturated carbocycles. The number of ether oxygens (including phenoxy) is 5. The number of esters is 1. The molecule has 3 amide bonds. The molecule has 3 N–H and O–H groups in total. The van der Waals surface area contributed by atoms with Gasteiger partial charge in [-0.05, 0) is 101 Å². The Labute approximate surface area is 351 Å². The second kappa shape index (κ2) is 21.9. The van der Waals surface area contributed by atoms with Gasteiger partial charge in [0.15, 0.2) is 5.75 Å². The molecule has 0 bridgehead atoms. The molecule has 60 heavy (non-hydrogen) atoms. The quantitative estimate of drug-likeness (QED) is 0.0326. The normalized spacial score (nSPS) is 15.2. The molecule has 0 aliphatic heterocycles. The second-order valence-corrected chi connectivity index (χ2v) is 16.4. The van der Waals surface area contributed by atoms with E-state index in [-0.39, 0.29) is 96.1 Å². The highest BCUT2D eigenvalue weighted by molar-refractivity contribution is 6.08. The van der Waals surface area contributed by atoms with Gasteiger partial charge in [0.25, 0.3) is 17.7 Å². The van der Waals surface area contributed by atoms with E-state index in [1.807, 2.05) is 48.5 Å². The third-order valence-electron chi connectivity index (χ3n) is 9.16. The molecule has 1 aliphatic rings. The van der Waals surface area contributed by atoms with E-state index in [9.17, 15) is 29.3 Å². The van der Waals surface area contributed by atoms with Gasteiger partial charge in [0, 0.05) is 34.9 Å². The van der Waals surface area contributed by atoms with E-state index in [0.29, 0.717) is 49.3 Å². The van der Waals surface area contributed by atoms with Crippen molar-refractivity contribution in [1.29, 1.82) is 0 Å². The van der Waals surface area contributed by atoms with Gasteiger partial charge in [-0.2, -0.15) is 0 Å². The van der Waals surface area contributed by atoms with E-state index in [0.717, 1.165) is 0 Å². The fraction of sp³-hybridized carbons (Fsp3) is 0.467. The molecule has 1 fully saturated rings. The van der Waals surface area contributed by atoms with Gasteiger partial charge in [0.05, 0.1) is 47.6 Å². The van der Waals surface area contributed by atoms with Crippen LogP contribution in [0.3, 0.4) is 0 Å². The maximum atomic E-state index is 13.7. The van der Waals surface area contributed by atoms with Crippen molar-refractivity contribution < 1.29 is 47.8 Å². The van der Waals surface area contributed by atoms with E-state index in [1.165, 1.54) is 42.5 Å². The van der Waals surface area contributed by atoms with Crippen molar-refractivity contribution in [2.24, 2.45) is 17.8 Å². The molecule has 3 aromatic carbocycles. The highest BCUT2D eigenvalue weighted by atomic mass is 16.6. The Morgan fingerprint density at radius 3 is 1.73 bits per heavy atom. The van der Waals surface area contributed by atoms with Crippen molar-refractivity contribution in [1.82, 2.24) is 5.32 Å². The van der Waals surface area contributed by atoms with Gasteiger partial charge in [0.2, 0.25) is 0 Å². The van der Waals surface area contributed by atoms with Crippen molar-refractivity contribution >= 4 is 40.8 Å². The predicted molar refractivity (Wildman–Crippen MR) is 228 cm³/mol. The largest absolute Gasteiger partial charge is 0.491 e. The number of hydrogen-bond donors (Lipinski definition) is 3. The molecule has 324 valence electrons. The molecule has 15 heteroatoms. The number of amides is 3. The first-order valence-corrected chi connectivity index (χ1v) is 20.2. The minimum absolute atomic E-state index is 0.0322. The number of carbonyl (C=O) groups is 4. The van der Waals surface area contributed by atoms with Crippen molar-refractivity contribution in [2.45, 2.75) is 85.8 Å². The molecule has 15 nitrogen and oxygen atoms in total. The third kappa shape index (κ3) is 14.4. The molecule has 0 spiro atoms. The zero-order chi connectivity index (χ0) is 44.0. The first kappa shape index (κ1) is 46.7. The van der Waals surface area contributed by atoms with Crippen LogP contribution in [-0.4, -0.2) is 73.3 Å². The predicted octanol–water partition coefficient (Wildman–Crippen LogP) is 8.38. The van der Waals surface area contributed by atoms with Crippen LogP contribution in [0.1, 0.15) is 105 Å². The Hall–Kier alpha value is -5.96. The first-order chi connectivity index (χ1) is 28.4. The highest BCUT2D eigenvalue weighted by Crippen LogP contribution is 2.33. The number of benzene rings is 3. The topological polar surface area (TPSA) is 194 Å². The Balaban J connectivity index is 1.50. The maximum absolute atomic E-state index is 13.7. The van der Waals surface area contributed by atoms with Gasteiger partial charge >= 0.3 is 11.7 Å². The number of nitro groups is 1. The summed E-state index contributed by atoms with van der Waals surface area (Å²) in [5.74, 6) is -1.10. The molecule has 0 radical (unpaired) electrons. The van der Waals surface area contributed by atoms with Crippen LogP contribution in [0.25, 0.3) is 0 Å². The smallest absolute Gasteiger partial charge is 0.310 e. The summed E-state index contributed by atoms with van der Waals surface area (Å²) in [4.78, 5) is 64.0. The van der Waals surface area contributed by atoms with Crippen molar-refractivity contribution in [3.63, 3.8) is 0 Å².